The molecule has 3 heterocycles. The molecular weight excluding hydrogens is 789 g/mol. The summed E-state index contributed by atoms with van der Waals surface area (Å²) < 4.78 is 8.71. The molecule has 3 radical (unpaired) electrons. The summed E-state index contributed by atoms with van der Waals surface area (Å²) >= 11 is 1.70. The largest absolute Gasteiger partial charge is 2.00 e. The SMILES string of the molecule is COC([NH-])=O.COC([NH-])=O.[CH2-]c1cc(-c2cc3ccc(-c4cnc(P[C-]=O)[nH]4)cc3s2)ccc1-c1[c-]nc(P[C-]=O)[nH]1.[V+2].[V+2].[Y]. The number of carbonyl (C=O) groups excluding carboxylic acids is 4. The molecule has 0 saturated heterocycles. The second-order valence-electron chi connectivity index (χ2n) is 7.89. The number of aromatic amines is 2. The molecule has 2 amide bonds. The standard InChI is InChI=1S/C23H14N4O2P2S.2C2H5NO2.2V.Y/c1-13-6-15(4-5-17(13)19-10-25-23(27-19)31-12-29)21-8-16-3-2-14(7-20(16)32-21)18-9-24-22(26-18)30-11-28;2*1-5-2(3)4;;;/h2-9,30-31H,1H2,(H,24,26)(H,25,27);2*1H3,(H2,3,4);;;/q-4;;;2*+2;/p-2. The van der Waals surface area contributed by atoms with Crippen molar-refractivity contribution in [2.45, 2.75) is 0 Å². The maximum atomic E-state index is 10.6. The number of thiophene rings is 1. The third-order valence-electron chi connectivity index (χ3n) is 5.30. The topological polar surface area (TPSA) is 192 Å². The molecule has 0 bridgehead atoms. The summed E-state index contributed by atoms with van der Waals surface area (Å²) in [5.41, 5.74) is 18.6. The monoisotopic (exact) mass is 811 g/mol. The van der Waals surface area contributed by atoms with Gasteiger partial charge in [0.05, 0.1) is 31.7 Å². The van der Waals surface area contributed by atoms with Crippen LogP contribution in [0.2, 0.25) is 0 Å². The molecule has 227 valence electrons. The van der Waals surface area contributed by atoms with Crippen LogP contribution in [0.4, 0.5) is 9.59 Å². The first-order valence-electron chi connectivity index (χ1n) is 11.6. The molecule has 12 nitrogen and oxygen atoms in total. The molecule has 2 unspecified atom stereocenters. The van der Waals surface area contributed by atoms with Gasteiger partial charge in [-0.25, -0.2) is 25.6 Å². The summed E-state index contributed by atoms with van der Waals surface area (Å²) in [7, 11) is 2.09. The van der Waals surface area contributed by atoms with E-state index in [1.54, 1.807) is 17.5 Å². The van der Waals surface area contributed by atoms with Crippen molar-refractivity contribution in [1.82, 2.24) is 19.9 Å². The van der Waals surface area contributed by atoms with Gasteiger partial charge in [-0.3, -0.25) is 9.59 Å². The van der Waals surface area contributed by atoms with Crippen molar-refractivity contribution in [3.05, 3.63) is 78.8 Å². The Hall–Kier alpha value is -2.30. The molecule has 2 aromatic carbocycles. The zero-order valence-corrected chi connectivity index (χ0v) is 32.0. The molecule has 2 atom stereocenters. The Balaban J connectivity index is 0.00000131. The van der Waals surface area contributed by atoms with Gasteiger partial charge in [0.25, 0.3) is 0 Å². The van der Waals surface area contributed by atoms with E-state index >= 15 is 0 Å². The zero-order chi connectivity index (χ0) is 30.6. The summed E-state index contributed by atoms with van der Waals surface area (Å²) in [5, 5.41) is 1.16. The maximum Gasteiger partial charge on any atom is 2.00 e. The summed E-state index contributed by atoms with van der Waals surface area (Å²) in [6.45, 7) is 4.19. The molecule has 4 N–H and O–H groups in total. The summed E-state index contributed by atoms with van der Waals surface area (Å²) in [6, 6.07) is 18.3. The number of fused-ring (bicyclic) bond motifs is 1. The molecular formula is C27H22N6O6P2SV2Y-2. The Kier molecular flexibility index (Phi) is 20.4. The first-order chi connectivity index (χ1) is 20.2. The van der Waals surface area contributed by atoms with Crippen LogP contribution >= 0.6 is 28.5 Å². The molecule has 3 aromatic heterocycles. The van der Waals surface area contributed by atoms with E-state index in [2.05, 4.69) is 66.8 Å². The van der Waals surface area contributed by atoms with E-state index in [-0.39, 0.29) is 87.0 Å². The van der Waals surface area contributed by atoms with Crippen molar-refractivity contribution in [3.63, 3.8) is 0 Å². The Bertz CT molecular complexity index is 1700. The number of hydrogen-bond donors (Lipinski definition) is 2. The van der Waals surface area contributed by atoms with Gasteiger partial charge in [-0.15, -0.1) is 23.0 Å². The van der Waals surface area contributed by atoms with Crippen LogP contribution in [0.3, 0.4) is 0 Å². The van der Waals surface area contributed by atoms with Gasteiger partial charge in [-0.2, -0.15) is 27.1 Å². The fourth-order valence-corrected chi connectivity index (χ4v) is 5.35. The average Bonchev–Trinajstić information content (AvgIpc) is 3.74. The molecule has 45 heavy (non-hydrogen) atoms. The number of rotatable bonds is 7. The minimum atomic E-state index is -0.995. The number of benzene rings is 2. The van der Waals surface area contributed by atoms with Gasteiger partial charge < -0.3 is 45.5 Å². The number of H-pyrrole nitrogens is 2. The van der Waals surface area contributed by atoms with Crippen LogP contribution < -0.4 is 11.1 Å². The van der Waals surface area contributed by atoms with E-state index in [1.165, 1.54) is 0 Å². The van der Waals surface area contributed by atoms with Crippen molar-refractivity contribution < 1.29 is 98.5 Å². The minimum Gasteiger partial charge on any atom is -0.632 e. The smallest absolute Gasteiger partial charge is 0.632 e. The maximum absolute atomic E-state index is 10.6. The number of carbonyl (C=O) groups is 2. The van der Waals surface area contributed by atoms with Gasteiger partial charge in [0.15, 0.2) is 0 Å². The summed E-state index contributed by atoms with van der Waals surface area (Å²) in [4.78, 5) is 55.4. The third-order valence-corrected chi connectivity index (χ3v) is 7.61. The molecule has 18 heteroatoms. The molecule has 0 spiro atoms. The Labute approximate surface area is 315 Å². The van der Waals surface area contributed by atoms with Crippen LogP contribution in [0.25, 0.3) is 54.5 Å². The van der Waals surface area contributed by atoms with Gasteiger partial charge in [0.1, 0.15) is 0 Å². The Morgan fingerprint density at radius 3 is 2.11 bits per heavy atom. The molecule has 5 aromatic rings. The average molecular weight is 811 g/mol. The number of amides is 2. The summed E-state index contributed by atoms with van der Waals surface area (Å²) in [6.07, 6.45) is 2.67. The number of hydrogen-bond acceptors (Lipinski definition) is 9. The second-order valence-corrected chi connectivity index (χ2v) is 10.8. The van der Waals surface area contributed by atoms with Crippen molar-refractivity contribution in [3.8, 4) is 33.0 Å². The van der Waals surface area contributed by atoms with Crippen LogP contribution in [-0.2, 0) is 88.9 Å². The van der Waals surface area contributed by atoms with Gasteiger partial charge in [0, 0.05) is 47.8 Å². The quantitative estimate of drug-likeness (QED) is 0.155. The molecule has 0 fully saturated rings. The van der Waals surface area contributed by atoms with Crippen molar-refractivity contribution in [2.24, 2.45) is 0 Å². The number of nitrogens with zero attached hydrogens (tertiary/aromatic N) is 2. The minimum absolute atomic E-state index is 0. The van der Waals surface area contributed by atoms with Crippen LogP contribution in [0.15, 0.2) is 48.7 Å². The molecule has 0 aliphatic rings. The van der Waals surface area contributed by atoms with Gasteiger partial charge in [0.2, 0.25) is 12.2 Å². The van der Waals surface area contributed by atoms with Crippen molar-refractivity contribution >= 4 is 74.0 Å². The zero-order valence-electron chi connectivity index (χ0n) is 23.5. The van der Waals surface area contributed by atoms with Crippen LogP contribution in [0, 0.1) is 13.1 Å². The van der Waals surface area contributed by atoms with Crippen LogP contribution in [0.1, 0.15) is 5.56 Å². The van der Waals surface area contributed by atoms with Gasteiger partial charge >= 0.3 is 37.1 Å². The van der Waals surface area contributed by atoms with E-state index in [0.29, 0.717) is 16.8 Å². The number of imidazole rings is 2. The van der Waals surface area contributed by atoms with E-state index in [1.807, 2.05) is 30.3 Å². The summed E-state index contributed by atoms with van der Waals surface area (Å²) in [5.74, 6) is 0. The molecule has 0 aliphatic carbocycles. The van der Waals surface area contributed by atoms with Crippen molar-refractivity contribution in [2.75, 3.05) is 14.2 Å². The van der Waals surface area contributed by atoms with Crippen LogP contribution in [0.5, 0.6) is 0 Å². The van der Waals surface area contributed by atoms with Gasteiger partial charge in [-0.1, -0.05) is 35.7 Å². The predicted octanol–water partition coefficient (Wildman–Crippen LogP) is 5.68. The number of aromatic nitrogens is 4. The Morgan fingerprint density at radius 2 is 1.53 bits per heavy atom. The van der Waals surface area contributed by atoms with Crippen molar-refractivity contribution in [1.29, 1.82) is 0 Å². The first kappa shape index (κ1) is 42.7. The van der Waals surface area contributed by atoms with E-state index < -0.39 is 12.2 Å². The number of methoxy groups -OCH3 is 2. The normalized spacial score (nSPS) is 9.91. The van der Waals surface area contributed by atoms with E-state index in [4.69, 9.17) is 11.5 Å². The number of nitrogens with one attached hydrogen (secondary N) is 4. The second kappa shape index (κ2) is 21.5. The fraction of sp³-hybridized carbons (Fsp3) is 0.0741. The fourth-order valence-electron chi connectivity index (χ4n) is 3.43. The van der Waals surface area contributed by atoms with Gasteiger partial charge in [-0.05, 0) is 23.1 Å². The van der Waals surface area contributed by atoms with Crippen LogP contribution in [-0.4, -0.2) is 58.4 Å². The van der Waals surface area contributed by atoms with E-state index in [0.717, 1.165) is 57.1 Å². The van der Waals surface area contributed by atoms with E-state index in [9.17, 15) is 19.2 Å². The first-order valence-corrected chi connectivity index (χ1v) is 14.4. The number of ether oxygens (including phenoxy) is 2. The predicted molar refractivity (Wildman–Crippen MR) is 166 cm³/mol. The molecule has 0 aliphatic heterocycles. The molecule has 0 saturated carbocycles. The third kappa shape index (κ3) is 12.8. The Morgan fingerprint density at radius 1 is 0.933 bits per heavy atom. The molecule has 5 rings (SSSR count).